The molecule has 0 amide bonds. The van der Waals surface area contributed by atoms with Crippen LogP contribution in [0, 0.1) is 0 Å². The molecule has 0 bridgehead atoms. The number of nitrogens with one attached hydrogen (secondary N) is 2. The smallest absolute Gasteiger partial charge is 0.284 e. The van der Waals surface area contributed by atoms with Crippen molar-refractivity contribution in [3.63, 3.8) is 0 Å². The maximum absolute atomic E-state index is 10.7. The van der Waals surface area contributed by atoms with Crippen molar-refractivity contribution in [2.75, 3.05) is 0 Å². The van der Waals surface area contributed by atoms with Crippen molar-refractivity contribution >= 4 is 15.9 Å². The molecule has 0 radical (unpaired) electrons. The van der Waals surface area contributed by atoms with Gasteiger partial charge in [-0.1, -0.05) is 110 Å². The van der Waals surface area contributed by atoms with Crippen LogP contribution in [0.3, 0.4) is 0 Å². The number of tetrazole rings is 2. The van der Waals surface area contributed by atoms with Crippen LogP contribution in [-0.2, 0) is 26.1 Å². The zero-order valence-corrected chi connectivity index (χ0v) is 29.9. The number of benzene rings is 4. The molecule has 7 rings (SSSR count). The molecule has 13 heteroatoms. The molecule has 3 aromatic heterocycles. The van der Waals surface area contributed by atoms with Crippen molar-refractivity contribution in [3.8, 4) is 45.0 Å². The molecule has 3 heterocycles. The van der Waals surface area contributed by atoms with E-state index in [-0.39, 0.29) is 23.6 Å². The van der Waals surface area contributed by atoms with Gasteiger partial charge in [0.05, 0.1) is 0 Å². The molecule has 0 saturated heterocycles. The number of aromatic amines is 2. The van der Waals surface area contributed by atoms with Crippen molar-refractivity contribution in [3.05, 3.63) is 124 Å². The molecular weight excluding hydrogens is 748 g/mol. The highest BCUT2D eigenvalue weighted by molar-refractivity contribution is 9.10. The number of rotatable bonds is 12. The Hall–Kier alpha value is -4.85. The highest BCUT2D eigenvalue weighted by Crippen LogP contribution is 2.32. The fraction of sp³-hybridized carbons (Fsp3) is 0.194. The first-order valence-corrected chi connectivity index (χ1v) is 16.7. The molecule has 7 aromatic rings. The van der Waals surface area contributed by atoms with Gasteiger partial charge in [-0.2, -0.15) is 10.4 Å². The summed E-state index contributed by atoms with van der Waals surface area (Å²) in [5.41, 5.74) is 9.49. The second-order valence-electron chi connectivity index (χ2n) is 11.5. The largest absolute Gasteiger partial charge is 1.00 e. The van der Waals surface area contributed by atoms with Crippen LogP contribution in [0.1, 0.15) is 42.4 Å². The number of hydrogen-bond donors (Lipinski definition) is 3. The number of aliphatic hydroxyl groups excluding tert-OH is 1. The van der Waals surface area contributed by atoms with Crippen molar-refractivity contribution in [1.29, 1.82) is 0 Å². The van der Waals surface area contributed by atoms with Gasteiger partial charge in [-0.15, -0.1) is 20.4 Å². The Morgan fingerprint density at radius 3 is 1.69 bits per heavy atom. The van der Waals surface area contributed by atoms with Gasteiger partial charge >= 0.3 is 0 Å². The number of imidazole rings is 1. The highest BCUT2D eigenvalue weighted by Gasteiger charge is 2.29. The van der Waals surface area contributed by atoms with E-state index in [1.165, 1.54) is 5.69 Å². The van der Waals surface area contributed by atoms with E-state index in [0.29, 0.717) is 24.7 Å². The van der Waals surface area contributed by atoms with E-state index in [0.717, 1.165) is 74.2 Å². The summed E-state index contributed by atoms with van der Waals surface area (Å²) in [5, 5.41) is 40.0. The third kappa shape index (κ3) is 7.14. The molecule has 0 aliphatic rings. The van der Waals surface area contributed by atoms with E-state index in [1.54, 1.807) is 0 Å². The second-order valence-corrected chi connectivity index (χ2v) is 12.3. The Labute approximate surface area is 302 Å². The number of halogens is 2. The lowest BCUT2D eigenvalue weighted by molar-refractivity contribution is -0.707. The predicted molar refractivity (Wildman–Crippen MR) is 185 cm³/mol. The van der Waals surface area contributed by atoms with Gasteiger partial charge in [0.25, 0.3) is 5.82 Å². The van der Waals surface area contributed by atoms with Crippen molar-refractivity contribution in [2.45, 2.75) is 45.9 Å². The molecule has 0 aliphatic carbocycles. The van der Waals surface area contributed by atoms with Crippen LogP contribution in [0.25, 0.3) is 45.0 Å². The third-order valence-corrected chi connectivity index (χ3v) is 9.46. The molecule has 0 spiro atoms. The van der Waals surface area contributed by atoms with E-state index in [1.807, 2.05) is 36.4 Å². The fourth-order valence-corrected chi connectivity index (χ4v) is 6.88. The van der Waals surface area contributed by atoms with Gasteiger partial charge in [-0.25, -0.2) is 9.13 Å². The normalized spacial score (nSPS) is 11.1. The van der Waals surface area contributed by atoms with Gasteiger partial charge in [0.2, 0.25) is 16.3 Å². The molecule has 0 unspecified atom stereocenters. The summed E-state index contributed by atoms with van der Waals surface area (Å²) >= 11 is 3.94. The minimum atomic E-state index is -0.0863. The molecule has 4 aromatic carbocycles. The van der Waals surface area contributed by atoms with Crippen molar-refractivity contribution in [1.82, 2.24) is 45.8 Å². The van der Waals surface area contributed by atoms with Gasteiger partial charge in [-0.05, 0) is 50.2 Å². The van der Waals surface area contributed by atoms with Crippen LogP contribution in [0.4, 0.5) is 0 Å². The SMILES string of the molecule is CCCCc1c(Br)[n+](Cc2ccc(-c3ccccc3-c3nn[nH]n3)cc2)c(CO)n1Cc1ccc(-c2ccccc2-c2nn[nH]n2)cc1.[Br-]. The van der Waals surface area contributed by atoms with E-state index in [9.17, 15) is 5.11 Å². The predicted octanol–water partition coefficient (Wildman–Crippen LogP) is 3.17. The lowest BCUT2D eigenvalue weighted by atomic mass is 9.98. The number of nitrogens with zero attached hydrogens (tertiary/aromatic N) is 8. The first-order valence-electron chi connectivity index (χ1n) is 15.9. The monoisotopic (exact) mass is 780 g/mol. The highest BCUT2D eigenvalue weighted by atomic mass is 79.9. The molecule has 248 valence electrons. The third-order valence-electron chi connectivity index (χ3n) is 8.57. The summed E-state index contributed by atoms with van der Waals surface area (Å²) in [5.74, 6) is 1.98. The fourth-order valence-electron chi connectivity index (χ4n) is 6.14. The number of hydrogen-bond acceptors (Lipinski definition) is 7. The number of aliphatic hydroxyl groups is 1. The lowest BCUT2D eigenvalue weighted by Gasteiger charge is -2.09. The summed E-state index contributed by atoms with van der Waals surface area (Å²) in [6.07, 6.45) is 3.03. The first kappa shape index (κ1) is 34.0. The van der Waals surface area contributed by atoms with Crippen LogP contribution < -0.4 is 21.5 Å². The summed E-state index contributed by atoms with van der Waals surface area (Å²) in [7, 11) is 0. The zero-order valence-electron chi connectivity index (χ0n) is 26.8. The number of unbranched alkanes of at least 4 members (excludes halogenated alkanes) is 1. The molecule has 3 N–H and O–H groups in total. The van der Waals surface area contributed by atoms with E-state index >= 15 is 0 Å². The van der Waals surface area contributed by atoms with Crippen LogP contribution in [0.2, 0.25) is 0 Å². The van der Waals surface area contributed by atoms with Gasteiger partial charge in [0, 0.05) is 33.5 Å². The Bertz CT molecular complexity index is 2110. The Balaban J connectivity index is 0.00000417. The Kier molecular flexibility index (Phi) is 10.8. The topological polar surface area (TPSA) is 138 Å². The Morgan fingerprint density at radius 1 is 0.714 bits per heavy atom. The molecular formula is C36H34Br2N10O. The molecule has 0 atom stereocenters. The van der Waals surface area contributed by atoms with E-state index < -0.39 is 0 Å². The summed E-state index contributed by atoms with van der Waals surface area (Å²) in [6.45, 7) is 3.36. The zero-order chi connectivity index (χ0) is 32.9. The average Bonchev–Trinajstić information content (AvgIpc) is 3.91. The molecule has 0 aliphatic heterocycles. The average molecular weight is 783 g/mol. The Morgan fingerprint density at radius 2 is 1.22 bits per heavy atom. The second kappa shape index (κ2) is 15.6. The maximum atomic E-state index is 10.7. The van der Waals surface area contributed by atoms with Crippen LogP contribution in [0.15, 0.2) is 102 Å². The summed E-state index contributed by atoms with van der Waals surface area (Å²) in [6, 6.07) is 33.2. The van der Waals surface area contributed by atoms with Gasteiger partial charge in [0.1, 0.15) is 19.7 Å². The molecule has 0 saturated carbocycles. The van der Waals surface area contributed by atoms with Crippen molar-refractivity contribution < 1.29 is 26.7 Å². The lowest BCUT2D eigenvalue weighted by Crippen LogP contribution is -3.00. The maximum Gasteiger partial charge on any atom is 0.284 e. The summed E-state index contributed by atoms with van der Waals surface area (Å²) < 4.78 is 5.44. The molecule has 49 heavy (non-hydrogen) atoms. The number of aromatic nitrogens is 10. The first-order chi connectivity index (χ1) is 23.6. The minimum absolute atomic E-state index is 0. The van der Waals surface area contributed by atoms with Crippen LogP contribution in [-0.4, -0.2) is 50.9 Å². The van der Waals surface area contributed by atoms with E-state index in [2.05, 4.69) is 134 Å². The standard InChI is InChI=1S/C36H34BrN10O.BrH/c1-2-3-12-32-34(37)47(22-25-15-19-27(20-16-25)29-9-5-7-11-31(29)36-40-44-45-41-36)33(23-48)46(32)21-24-13-17-26(18-14-24)28-8-4-6-10-30(28)35-38-42-43-39-35;/h4-11,13-20,48H,2-3,12,21-23H2,1H3,(H,38,39,42,43)(H,40,41,44,45);1H/q+1;/p-1. The van der Waals surface area contributed by atoms with E-state index in [4.69, 9.17) is 0 Å². The van der Waals surface area contributed by atoms with Gasteiger partial charge in [-0.3, -0.25) is 0 Å². The summed E-state index contributed by atoms with van der Waals surface area (Å²) in [4.78, 5) is 0. The van der Waals surface area contributed by atoms with Crippen molar-refractivity contribution in [2.24, 2.45) is 0 Å². The number of H-pyrrole nitrogens is 2. The quantitative estimate of drug-likeness (QED) is 0.162. The van der Waals surface area contributed by atoms with Gasteiger partial charge < -0.3 is 22.1 Å². The van der Waals surface area contributed by atoms with Crippen LogP contribution in [0.5, 0.6) is 0 Å². The molecule has 0 fully saturated rings. The van der Waals surface area contributed by atoms with Gasteiger partial charge in [0.15, 0.2) is 5.69 Å². The molecule has 11 nitrogen and oxygen atoms in total. The van der Waals surface area contributed by atoms with Crippen LogP contribution >= 0.6 is 15.9 Å². The minimum Gasteiger partial charge on any atom is -1.00 e.